The van der Waals surface area contributed by atoms with Crippen LogP contribution in [0.5, 0.6) is 5.75 Å². The van der Waals surface area contributed by atoms with Gasteiger partial charge >= 0.3 is 0 Å². The topological polar surface area (TPSA) is 16.4 Å². The molecular weight excluding hydrogens is 412 g/mol. The Morgan fingerprint density at radius 1 is 1.12 bits per heavy atom. The molecule has 1 aliphatic carbocycles. The van der Waals surface area contributed by atoms with E-state index in [1.807, 2.05) is 17.4 Å². The maximum atomic E-state index is 6.26. The third kappa shape index (κ3) is 3.97. The smallest absolute Gasteiger partial charge is 0.238 e. The first-order valence-corrected chi connectivity index (χ1v) is 12.7. The van der Waals surface area contributed by atoms with Gasteiger partial charge in [-0.1, -0.05) is 55.5 Å². The third-order valence-corrected chi connectivity index (χ3v) is 7.83. The molecule has 0 fully saturated rings. The van der Waals surface area contributed by atoms with E-state index in [-0.39, 0.29) is 5.41 Å². The SMILES string of the molecule is CCN1C(=CC2=CC(Cc3sc4ccccc4[n+]3CC)CC(C)(C)C2)Oc2ccccc21. The van der Waals surface area contributed by atoms with E-state index in [9.17, 15) is 0 Å². The van der Waals surface area contributed by atoms with E-state index in [2.05, 4.69) is 91.8 Å². The van der Waals surface area contributed by atoms with Crippen LogP contribution in [-0.4, -0.2) is 6.54 Å². The van der Waals surface area contributed by atoms with Crippen LogP contribution in [0.2, 0.25) is 0 Å². The summed E-state index contributed by atoms with van der Waals surface area (Å²) in [6.07, 6.45) is 8.21. The van der Waals surface area contributed by atoms with Gasteiger partial charge in [0.2, 0.25) is 16.4 Å². The van der Waals surface area contributed by atoms with Crippen molar-refractivity contribution in [2.75, 3.05) is 11.4 Å². The molecule has 0 bridgehead atoms. The van der Waals surface area contributed by atoms with Crippen LogP contribution >= 0.6 is 11.3 Å². The number of benzene rings is 2. The van der Waals surface area contributed by atoms with Crippen molar-refractivity contribution in [1.29, 1.82) is 0 Å². The number of allylic oxidation sites excluding steroid dienone is 3. The summed E-state index contributed by atoms with van der Waals surface area (Å²) < 4.78 is 10.1. The lowest BCUT2D eigenvalue weighted by Gasteiger charge is -2.33. The van der Waals surface area contributed by atoms with Crippen LogP contribution in [0.3, 0.4) is 0 Å². The van der Waals surface area contributed by atoms with E-state index >= 15 is 0 Å². The van der Waals surface area contributed by atoms with Gasteiger partial charge in [0.1, 0.15) is 11.2 Å². The summed E-state index contributed by atoms with van der Waals surface area (Å²) in [5.41, 5.74) is 4.22. The molecule has 0 saturated carbocycles. The van der Waals surface area contributed by atoms with Crippen molar-refractivity contribution in [2.45, 2.75) is 53.5 Å². The number of rotatable bonds is 5. The molecule has 0 N–H and O–H groups in total. The van der Waals surface area contributed by atoms with Crippen molar-refractivity contribution in [3.63, 3.8) is 0 Å². The highest BCUT2D eigenvalue weighted by Crippen LogP contribution is 2.43. The summed E-state index contributed by atoms with van der Waals surface area (Å²) in [7, 11) is 0. The number of fused-ring (bicyclic) bond motifs is 2. The minimum atomic E-state index is 0.280. The summed E-state index contributed by atoms with van der Waals surface area (Å²) >= 11 is 1.96. The first-order valence-electron chi connectivity index (χ1n) is 11.8. The summed E-state index contributed by atoms with van der Waals surface area (Å²) in [6.45, 7) is 11.2. The largest absolute Gasteiger partial charge is 0.439 e. The van der Waals surface area contributed by atoms with E-state index in [1.165, 1.54) is 32.9 Å². The highest BCUT2D eigenvalue weighted by molar-refractivity contribution is 7.18. The zero-order valence-corrected chi connectivity index (χ0v) is 20.4. The van der Waals surface area contributed by atoms with Crippen molar-refractivity contribution in [3.05, 3.63) is 77.1 Å². The molecular formula is C28H33N2OS+. The predicted molar refractivity (Wildman–Crippen MR) is 134 cm³/mol. The second kappa shape index (κ2) is 8.40. The maximum Gasteiger partial charge on any atom is 0.238 e. The third-order valence-electron chi connectivity index (χ3n) is 6.65. The quantitative estimate of drug-likeness (QED) is 0.398. The van der Waals surface area contributed by atoms with Crippen molar-refractivity contribution in [1.82, 2.24) is 0 Å². The fourth-order valence-electron chi connectivity index (χ4n) is 5.44. The Morgan fingerprint density at radius 2 is 1.91 bits per heavy atom. The summed E-state index contributed by atoms with van der Waals surface area (Å²) in [4.78, 5) is 2.28. The molecule has 1 atom stereocenters. The highest BCUT2D eigenvalue weighted by atomic mass is 32.1. The highest BCUT2D eigenvalue weighted by Gasteiger charge is 2.32. The van der Waals surface area contributed by atoms with Gasteiger partial charge in [-0.15, -0.1) is 0 Å². The average Bonchev–Trinajstić information content (AvgIpc) is 3.28. The zero-order chi connectivity index (χ0) is 22.3. The summed E-state index contributed by atoms with van der Waals surface area (Å²) in [5, 5.41) is 1.49. The molecule has 166 valence electrons. The van der Waals surface area contributed by atoms with E-state index in [0.29, 0.717) is 5.92 Å². The first-order chi connectivity index (χ1) is 15.5. The lowest BCUT2D eigenvalue weighted by molar-refractivity contribution is -0.671. The average molecular weight is 446 g/mol. The molecule has 5 rings (SSSR count). The van der Waals surface area contributed by atoms with Gasteiger partial charge in [-0.3, -0.25) is 0 Å². The Hall–Kier alpha value is -2.59. The molecule has 3 aromatic rings. The first kappa shape index (κ1) is 21.3. The Morgan fingerprint density at radius 3 is 2.72 bits per heavy atom. The van der Waals surface area contributed by atoms with Gasteiger partial charge in [-0.2, -0.15) is 4.57 Å². The molecule has 1 aliphatic heterocycles. The molecule has 0 saturated heterocycles. The summed E-state index contributed by atoms with van der Waals surface area (Å²) in [6, 6.07) is 17.1. The van der Waals surface area contributed by atoms with Crippen molar-refractivity contribution >= 4 is 27.2 Å². The van der Waals surface area contributed by atoms with Crippen LogP contribution in [0, 0.1) is 11.3 Å². The molecule has 1 aromatic heterocycles. The number of anilines is 1. The second-order valence-corrected chi connectivity index (χ2v) is 10.9. The van der Waals surface area contributed by atoms with Crippen molar-refractivity contribution in [3.8, 4) is 5.75 Å². The minimum Gasteiger partial charge on any atom is -0.439 e. The molecule has 0 spiro atoms. The molecule has 1 unspecified atom stereocenters. The van der Waals surface area contributed by atoms with Crippen LogP contribution in [-0.2, 0) is 13.0 Å². The minimum absolute atomic E-state index is 0.280. The van der Waals surface area contributed by atoms with Gasteiger partial charge in [0, 0.05) is 25.1 Å². The van der Waals surface area contributed by atoms with Gasteiger partial charge in [-0.05, 0) is 61.8 Å². The van der Waals surface area contributed by atoms with Crippen molar-refractivity contribution < 1.29 is 9.30 Å². The Balaban J connectivity index is 1.46. The predicted octanol–water partition coefficient (Wildman–Crippen LogP) is 6.87. The van der Waals surface area contributed by atoms with E-state index in [1.54, 1.807) is 0 Å². The van der Waals surface area contributed by atoms with Crippen LogP contribution in [0.15, 0.2) is 72.1 Å². The van der Waals surface area contributed by atoms with Crippen LogP contribution < -0.4 is 14.2 Å². The second-order valence-electron chi connectivity index (χ2n) is 9.76. The zero-order valence-electron chi connectivity index (χ0n) is 19.6. The van der Waals surface area contributed by atoms with E-state index < -0.39 is 0 Å². The van der Waals surface area contributed by atoms with Gasteiger partial charge in [0.25, 0.3) is 0 Å². The normalized spacial score (nSPS) is 21.0. The van der Waals surface area contributed by atoms with Gasteiger partial charge in [0.15, 0.2) is 5.75 Å². The van der Waals surface area contributed by atoms with Crippen LogP contribution in [0.1, 0.15) is 45.5 Å². The molecule has 4 heteroatoms. The fourth-order valence-corrected chi connectivity index (χ4v) is 6.75. The lowest BCUT2D eigenvalue weighted by Crippen LogP contribution is -2.36. The number of aromatic nitrogens is 1. The molecule has 0 radical (unpaired) electrons. The number of hydrogen-bond donors (Lipinski definition) is 0. The van der Waals surface area contributed by atoms with E-state index in [4.69, 9.17) is 4.74 Å². The Bertz CT molecular complexity index is 1200. The van der Waals surface area contributed by atoms with Crippen molar-refractivity contribution in [2.24, 2.45) is 11.3 Å². The molecule has 2 aromatic carbocycles. The van der Waals surface area contributed by atoms with Crippen LogP contribution in [0.25, 0.3) is 10.2 Å². The standard InChI is InChI=1S/C28H33N2OS/c1-5-29-22-11-7-9-13-24(22)31-26(29)16-20-15-21(19-28(3,4)18-20)17-27-30(6-2)23-12-8-10-14-25(23)32-27/h7-16,21H,5-6,17-19H2,1-4H3/q+1. The Kier molecular flexibility index (Phi) is 5.58. The van der Waals surface area contributed by atoms with Gasteiger partial charge < -0.3 is 9.64 Å². The molecule has 2 aliphatic rings. The van der Waals surface area contributed by atoms with Gasteiger partial charge in [0.05, 0.1) is 5.69 Å². The number of nitrogens with zero attached hydrogens (tertiary/aromatic N) is 2. The van der Waals surface area contributed by atoms with Crippen LogP contribution in [0.4, 0.5) is 5.69 Å². The number of aryl methyl sites for hydroxylation is 1. The maximum absolute atomic E-state index is 6.26. The molecule has 32 heavy (non-hydrogen) atoms. The number of ether oxygens (including phenoxy) is 1. The molecule has 2 heterocycles. The van der Waals surface area contributed by atoms with Gasteiger partial charge in [-0.25, -0.2) is 0 Å². The van der Waals surface area contributed by atoms with E-state index in [0.717, 1.165) is 37.6 Å². The molecule has 0 amide bonds. The summed E-state index contributed by atoms with van der Waals surface area (Å²) in [5.74, 6) is 2.46. The molecule has 3 nitrogen and oxygen atoms in total. The Labute approximate surface area is 195 Å². The number of hydrogen-bond acceptors (Lipinski definition) is 3. The fraction of sp³-hybridized carbons (Fsp3) is 0.393. The number of para-hydroxylation sites is 3. The lowest BCUT2D eigenvalue weighted by atomic mass is 9.72. The number of thiazole rings is 1. The monoisotopic (exact) mass is 445 g/mol.